The van der Waals surface area contributed by atoms with Gasteiger partial charge >= 0.3 is 0 Å². The van der Waals surface area contributed by atoms with Gasteiger partial charge in [-0.2, -0.15) is 0 Å². The van der Waals surface area contributed by atoms with E-state index in [1.54, 1.807) is 29.9 Å². The van der Waals surface area contributed by atoms with Crippen LogP contribution in [-0.4, -0.2) is 32.9 Å². The summed E-state index contributed by atoms with van der Waals surface area (Å²) in [5.74, 6) is 1.25. The molecule has 0 N–H and O–H groups in total. The third-order valence-electron chi connectivity index (χ3n) is 4.96. The summed E-state index contributed by atoms with van der Waals surface area (Å²) in [5.41, 5.74) is 0. The number of likely N-dealkylation sites (tertiary alicyclic amines) is 1. The zero-order chi connectivity index (χ0) is 17.8. The number of piperidine rings is 1. The fraction of sp³-hybridized carbons (Fsp3) is 0.400. The van der Waals surface area contributed by atoms with Crippen molar-refractivity contribution >= 4 is 17.2 Å². The van der Waals surface area contributed by atoms with Gasteiger partial charge in [-0.05, 0) is 55.7 Å². The van der Waals surface area contributed by atoms with E-state index in [0.29, 0.717) is 18.3 Å². The van der Waals surface area contributed by atoms with Gasteiger partial charge in [0, 0.05) is 29.9 Å². The number of aryl methyl sites for hydroxylation is 1. The second kappa shape index (κ2) is 7.91. The summed E-state index contributed by atoms with van der Waals surface area (Å²) >= 11 is 1.79. The summed E-state index contributed by atoms with van der Waals surface area (Å²) in [6, 6.07) is 8.26. The Morgan fingerprint density at radius 3 is 3.08 bits per heavy atom. The number of nitrogens with zero attached hydrogens (tertiary/aromatic N) is 3. The van der Waals surface area contributed by atoms with E-state index < -0.39 is 0 Å². The minimum absolute atomic E-state index is 0.0257. The zero-order valence-electron chi connectivity index (χ0n) is 14.7. The average molecular weight is 369 g/mol. The Bertz CT molecular complexity index is 823. The molecule has 1 aliphatic heterocycles. The van der Waals surface area contributed by atoms with Crippen LogP contribution in [0.1, 0.15) is 46.9 Å². The van der Waals surface area contributed by atoms with Crippen LogP contribution in [0.5, 0.6) is 0 Å². The van der Waals surface area contributed by atoms with Crippen molar-refractivity contribution in [2.75, 3.05) is 6.54 Å². The fourth-order valence-electron chi connectivity index (χ4n) is 3.61. The van der Waals surface area contributed by atoms with Crippen molar-refractivity contribution in [3.8, 4) is 0 Å². The van der Waals surface area contributed by atoms with Gasteiger partial charge in [-0.3, -0.25) is 4.79 Å². The maximum absolute atomic E-state index is 13.0. The van der Waals surface area contributed by atoms with Gasteiger partial charge < -0.3 is 13.9 Å². The minimum atomic E-state index is 0.0257. The van der Waals surface area contributed by atoms with Crippen molar-refractivity contribution in [2.24, 2.45) is 0 Å². The maximum atomic E-state index is 13.0. The zero-order valence-corrected chi connectivity index (χ0v) is 15.5. The van der Waals surface area contributed by atoms with E-state index in [1.165, 1.54) is 11.3 Å². The number of hydrogen-bond donors (Lipinski definition) is 0. The smallest absolute Gasteiger partial charge is 0.289 e. The number of carbonyl (C=O) groups excluding carboxylic acids is 1. The number of hydrogen-bond acceptors (Lipinski definition) is 4. The van der Waals surface area contributed by atoms with Gasteiger partial charge in [0.1, 0.15) is 5.76 Å². The van der Waals surface area contributed by atoms with Crippen molar-refractivity contribution in [3.63, 3.8) is 0 Å². The van der Waals surface area contributed by atoms with Crippen LogP contribution in [0.4, 0.5) is 0 Å². The molecule has 0 bridgehead atoms. The Balaban J connectivity index is 1.42. The SMILES string of the molecule is O=C(c1ccc(Cn2ccnc2)o1)N1CCCC[C@@H]1CCc1cccs1. The largest absolute Gasteiger partial charge is 0.454 e. The van der Waals surface area contributed by atoms with Crippen LogP contribution in [0.3, 0.4) is 0 Å². The van der Waals surface area contributed by atoms with Gasteiger partial charge in [-0.15, -0.1) is 11.3 Å². The van der Waals surface area contributed by atoms with Crippen LogP contribution in [0, 0.1) is 0 Å². The highest BCUT2D eigenvalue weighted by Crippen LogP contribution is 2.25. The van der Waals surface area contributed by atoms with Gasteiger partial charge in [0.05, 0.1) is 12.9 Å². The number of amides is 1. The van der Waals surface area contributed by atoms with Gasteiger partial charge in [0.25, 0.3) is 5.91 Å². The predicted octanol–water partition coefficient (Wildman–Crippen LogP) is 4.21. The van der Waals surface area contributed by atoms with Gasteiger partial charge in [0.15, 0.2) is 5.76 Å². The van der Waals surface area contributed by atoms with E-state index in [1.807, 2.05) is 21.7 Å². The molecule has 6 heteroatoms. The summed E-state index contributed by atoms with van der Waals surface area (Å²) in [6.45, 7) is 1.42. The molecule has 1 fully saturated rings. The number of aromatic nitrogens is 2. The standard InChI is InChI=1S/C20H23N3O2S/c24-20(19-9-7-17(25-19)14-22-12-10-21-15-22)23-11-2-1-4-16(23)6-8-18-5-3-13-26-18/h3,5,7,9-10,12-13,15-16H,1-2,4,6,8,11,14H2/t16-/m1/s1. The molecule has 5 nitrogen and oxygen atoms in total. The highest BCUT2D eigenvalue weighted by atomic mass is 32.1. The Morgan fingerprint density at radius 1 is 1.31 bits per heavy atom. The van der Waals surface area contributed by atoms with Crippen molar-refractivity contribution in [2.45, 2.75) is 44.7 Å². The summed E-state index contributed by atoms with van der Waals surface area (Å²) < 4.78 is 7.76. The summed E-state index contributed by atoms with van der Waals surface area (Å²) in [7, 11) is 0. The van der Waals surface area contributed by atoms with Crippen molar-refractivity contribution in [3.05, 3.63) is 64.8 Å². The quantitative estimate of drug-likeness (QED) is 0.654. The molecule has 1 amide bonds. The minimum Gasteiger partial charge on any atom is -0.454 e. The number of rotatable bonds is 6. The number of imidazole rings is 1. The molecule has 136 valence electrons. The lowest BCUT2D eigenvalue weighted by Crippen LogP contribution is -2.43. The second-order valence-corrected chi connectivity index (χ2v) is 7.80. The van der Waals surface area contributed by atoms with Crippen LogP contribution < -0.4 is 0 Å². The monoisotopic (exact) mass is 369 g/mol. The van der Waals surface area contributed by atoms with E-state index in [4.69, 9.17) is 4.42 Å². The Labute approximate surface area is 157 Å². The second-order valence-electron chi connectivity index (χ2n) is 6.77. The molecule has 3 aromatic heterocycles. The Morgan fingerprint density at radius 2 is 2.27 bits per heavy atom. The topological polar surface area (TPSA) is 51.3 Å². The molecule has 3 aromatic rings. The molecule has 0 unspecified atom stereocenters. The first-order valence-electron chi connectivity index (χ1n) is 9.17. The Hall–Kier alpha value is -2.34. The maximum Gasteiger partial charge on any atom is 0.289 e. The highest BCUT2D eigenvalue weighted by Gasteiger charge is 2.29. The molecule has 0 aliphatic carbocycles. The van der Waals surface area contributed by atoms with E-state index in [2.05, 4.69) is 22.5 Å². The summed E-state index contributed by atoms with van der Waals surface area (Å²) in [6.07, 6.45) is 10.8. The molecule has 4 rings (SSSR count). The van der Waals surface area contributed by atoms with Gasteiger partial charge in [0.2, 0.25) is 0 Å². The van der Waals surface area contributed by atoms with E-state index in [0.717, 1.165) is 38.0 Å². The molecule has 4 heterocycles. The fourth-order valence-corrected chi connectivity index (χ4v) is 4.34. The van der Waals surface area contributed by atoms with E-state index in [9.17, 15) is 4.79 Å². The lowest BCUT2D eigenvalue weighted by Gasteiger charge is -2.35. The predicted molar refractivity (Wildman–Crippen MR) is 101 cm³/mol. The molecule has 1 aliphatic rings. The molecule has 1 atom stereocenters. The summed E-state index contributed by atoms with van der Waals surface area (Å²) in [4.78, 5) is 20.5. The molecular weight excluding hydrogens is 346 g/mol. The Kier molecular flexibility index (Phi) is 5.20. The van der Waals surface area contributed by atoms with Crippen LogP contribution >= 0.6 is 11.3 Å². The van der Waals surface area contributed by atoms with Crippen molar-refractivity contribution in [1.29, 1.82) is 0 Å². The van der Waals surface area contributed by atoms with Crippen LogP contribution in [0.15, 0.2) is 52.8 Å². The number of thiophene rings is 1. The normalized spacial score (nSPS) is 17.5. The number of carbonyl (C=O) groups is 1. The lowest BCUT2D eigenvalue weighted by atomic mass is 9.97. The third-order valence-corrected chi connectivity index (χ3v) is 5.90. The molecule has 0 aromatic carbocycles. The van der Waals surface area contributed by atoms with E-state index >= 15 is 0 Å². The first-order valence-corrected chi connectivity index (χ1v) is 10.1. The van der Waals surface area contributed by atoms with Crippen LogP contribution in [0.25, 0.3) is 0 Å². The van der Waals surface area contributed by atoms with Gasteiger partial charge in [-0.1, -0.05) is 6.07 Å². The van der Waals surface area contributed by atoms with Crippen LogP contribution in [0.2, 0.25) is 0 Å². The van der Waals surface area contributed by atoms with E-state index in [-0.39, 0.29) is 5.91 Å². The van der Waals surface area contributed by atoms with Crippen molar-refractivity contribution in [1.82, 2.24) is 14.5 Å². The number of furan rings is 1. The molecule has 26 heavy (non-hydrogen) atoms. The highest BCUT2D eigenvalue weighted by molar-refractivity contribution is 7.09. The first kappa shape index (κ1) is 17.1. The van der Waals surface area contributed by atoms with Crippen LogP contribution in [-0.2, 0) is 13.0 Å². The van der Waals surface area contributed by atoms with Crippen molar-refractivity contribution < 1.29 is 9.21 Å². The lowest BCUT2D eigenvalue weighted by molar-refractivity contribution is 0.0568. The van der Waals surface area contributed by atoms with Gasteiger partial charge in [-0.25, -0.2) is 4.98 Å². The molecular formula is C20H23N3O2S. The molecule has 1 saturated heterocycles. The third kappa shape index (κ3) is 3.90. The molecule has 0 spiro atoms. The molecule has 0 radical (unpaired) electrons. The summed E-state index contributed by atoms with van der Waals surface area (Å²) in [5, 5.41) is 2.11. The molecule has 0 saturated carbocycles. The first-order chi connectivity index (χ1) is 12.8. The average Bonchev–Trinajstić information content (AvgIpc) is 3.43.